The lowest BCUT2D eigenvalue weighted by Crippen LogP contribution is -2.42. The van der Waals surface area contributed by atoms with E-state index in [2.05, 4.69) is 15.7 Å². The summed E-state index contributed by atoms with van der Waals surface area (Å²) in [6.45, 7) is 1.78. The highest BCUT2D eigenvalue weighted by atomic mass is 16.4. The molecule has 1 aliphatic rings. The first-order valence-electron chi connectivity index (χ1n) is 6.36. The van der Waals surface area contributed by atoms with E-state index in [-0.39, 0.29) is 18.6 Å². The fourth-order valence-electron chi connectivity index (χ4n) is 2.08. The number of nitrogens with one attached hydrogen (secondary N) is 2. The largest absolute Gasteiger partial charge is 0.480 e. The molecule has 0 saturated heterocycles. The summed E-state index contributed by atoms with van der Waals surface area (Å²) in [4.78, 5) is 22.2. The standard InChI is InChI=1S/C12H18N4O3/c1-8(9-3-2-4-9)14-12(19)15-10-5-13-16(6-10)7-11(17)18/h5-6,8-9H,2-4,7H2,1H3,(H,17,18)(H2,14,15,19). The lowest BCUT2D eigenvalue weighted by Gasteiger charge is -2.31. The fraction of sp³-hybridized carbons (Fsp3) is 0.583. The van der Waals surface area contributed by atoms with Crippen molar-refractivity contribution < 1.29 is 14.7 Å². The molecule has 3 N–H and O–H groups in total. The van der Waals surface area contributed by atoms with E-state index in [1.165, 1.54) is 23.5 Å². The van der Waals surface area contributed by atoms with Gasteiger partial charge in [-0.2, -0.15) is 5.10 Å². The van der Waals surface area contributed by atoms with Crippen molar-refractivity contribution in [2.45, 2.75) is 38.8 Å². The zero-order valence-electron chi connectivity index (χ0n) is 10.8. The summed E-state index contributed by atoms with van der Waals surface area (Å²) >= 11 is 0. The molecule has 1 aromatic rings. The summed E-state index contributed by atoms with van der Waals surface area (Å²) < 4.78 is 1.26. The molecule has 1 aliphatic carbocycles. The Morgan fingerprint density at radius 2 is 2.32 bits per heavy atom. The number of anilines is 1. The van der Waals surface area contributed by atoms with Gasteiger partial charge in [-0.25, -0.2) is 4.79 Å². The van der Waals surface area contributed by atoms with E-state index in [4.69, 9.17) is 5.11 Å². The van der Waals surface area contributed by atoms with Crippen LogP contribution in [0, 0.1) is 5.92 Å². The summed E-state index contributed by atoms with van der Waals surface area (Å²) in [7, 11) is 0. The van der Waals surface area contributed by atoms with Crippen molar-refractivity contribution in [2.24, 2.45) is 5.92 Å². The minimum Gasteiger partial charge on any atom is -0.480 e. The van der Waals surface area contributed by atoms with Crippen LogP contribution in [-0.4, -0.2) is 32.9 Å². The lowest BCUT2D eigenvalue weighted by atomic mass is 9.80. The molecule has 19 heavy (non-hydrogen) atoms. The van der Waals surface area contributed by atoms with Crippen LogP contribution >= 0.6 is 0 Å². The smallest absolute Gasteiger partial charge is 0.325 e. The molecule has 2 rings (SSSR count). The number of carbonyl (C=O) groups is 2. The van der Waals surface area contributed by atoms with Crippen LogP contribution in [0.2, 0.25) is 0 Å². The van der Waals surface area contributed by atoms with E-state index in [9.17, 15) is 9.59 Å². The predicted octanol–water partition coefficient (Wildman–Crippen LogP) is 1.28. The molecule has 1 atom stereocenters. The molecular weight excluding hydrogens is 248 g/mol. The molecular formula is C12H18N4O3. The second-order valence-electron chi connectivity index (χ2n) is 4.90. The van der Waals surface area contributed by atoms with Gasteiger partial charge in [0.2, 0.25) is 0 Å². The number of amides is 2. The molecule has 1 unspecified atom stereocenters. The predicted molar refractivity (Wildman–Crippen MR) is 68.8 cm³/mol. The number of hydrogen-bond acceptors (Lipinski definition) is 3. The Morgan fingerprint density at radius 1 is 1.58 bits per heavy atom. The van der Waals surface area contributed by atoms with E-state index in [0.29, 0.717) is 11.6 Å². The van der Waals surface area contributed by atoms with Gasteiger partial charge in [-0.3, -0.25) is 9.48 Å². The maximum absolute atomic E-state index is 11.7. The Hall–Kier alpha value is -2.05. The summed E-state index contributed by atoms with van der Waals surface area (Å²) in [6, 6.07) is -0.128. The van der Waals surface area contributed by atoms with Gasteiger partial charge in [-0.15, -0.1) is 0 Å². The number of urea groups is 1. The van der Waals surface area contributed by atoms with Crippen molar-refractivity contribution in [2.75, 3.05) is 5.32 Å². The Morgan fingerprint density at radius 3 is 2.89 bits per heavy atom. The monoisotopic (exact) mass is 266 g/mol. The van der Waals surface area contributed by atoms with Gasteiger partial charge in [-0.1, -0.05) is 6.42 Å². The number of hydrogen-bond donors (Lipinski definition) is 3. The van der Waals surface area contributed by atoms with Crippen molar-refractivity contribution in [3.05, 3.63) is 12.4 Å². The number of aliphatic carboxylic acids is 1. The fourth-order valence-corrected chi connectivity index (χ4v) is 2.08. The normalized spacial score (nSPS) is 16.5. The van der Waals surface area contributed by atoms with Crippen LogP contribution < -0.4 is 10.6 Å². The van der Waals surface area contributed by atoms with Crippen molar-refractivity contribution in [1.29, 1.82) is 0 Å². The average molecular weight is 266 g/mol. The van der Waals surface area contributed by atoms with E-state index in [0.717, 1.165) is 12.8 Å². The van der Waals surface area contributed by atoms with Gasteiger partial charge in [0.15, 0.2) is 0 Å². The Balaban J connectivity index is 1.81. The molecule has 0 aliphatic heterocycles. The third-order valence-electron chi connectivity index (χ3n) is 3.40. The van der Waals surface area contributed by atoms with Crippen molar-refractivity contribution in [3.8, 4) is 0 Å². The third kappa shape index (κ3) is 3.70. The minimum absolute atomic E-state index is 0.155. The summed E-state index contributed by atoms with van der Waals surface area (Å²) in [5.41, 5.74) is 0.486. The first kappa shape index (κ1) is 13.4. The first-order valence-corrected chi connectivity index (χ1v) is 6.36. The highest BCUT2D eigenvalue weighted by molar-refractivity contribution is 5.89. The summed E-state index contributed by atoms with van der Waals surface area (Å²) in [6.07, 6.45) is 6.48. The van der Waals surface area contributed by atoms with Gasteiger partial charge < -0.3 is 15.7 Å². The quantitative estimate of drug-likeness (QED) is 0.748. The van der Waals surface area contributed by atoms with Crippen LogP contribution in [0.1, 0.15) is 26.2 Å². The van der Waals surface area contributed by atoms with Gasteiger partial charge in [0.1, 0.15) is 6.54 Å². The summed E-state index contributed by atoms with van der Waals surface area (Å²) in [5.74, 6) is -0.404. The van der Waals surface area contributed by atoms with Crippen molar-refractivity contribution in [1.82, 2.24) is 15.1 Å². The van der Waals surface area contributed by atoms with E-state index in [1.54, 1.807) is 0 Å². The Labute approximate surface area is 111 Å². The second kappa shape index (κ2) is 5.73. The average Bonchev–Trinajstić information content (AvgIpc) is 2.60. The Bertz CT molecular complexity index is 467. The number of nitrogens with zero attached hydrogens (tertiary/aromatic N) is 2. The molecule has 7 nitrogen and oxygen atoms in total. The van der Waals surface area contributed by atoms with Crippen molar-refractivity contribution >= 4 is 17.7 Å². The van der Waals surface area contributed by atoms with E-state index < -0.39 is 5.97 Å². The lowest BCUT2D eigenvalue weighted by molar-refractivity contribution is -0.137. The van der Waals surface area contributed by atoms with Gasteiger partial charge in [-0.05, 0) is 25.7 Å². The number of aromatic nitrogens is 2. The van der Waals surface area contributed by atoms with Crippen LogP contribution in [0.4, 0.5) is 10.5 Å². The topological polar surface area (TPSA) is 96.3 Å². The molecule has 0 spiro atoms. The van der Waals surface area contributed by atoms with Gasteiger partial charge in [0.25, 0.3) is 0 Å². The number of carboxylic acids is 1. The SMILES string of the molecule is CC(NC(=O)Nc1cnn(CC(=O)O)c1)C1CCC1. The molecule has 1 fully saturated rings. The molecule has 0 radical (unpaired) electrons. The molecule has 0 aromatic carbocycles. The second-order valence-corrected chi connectivity index (χ2v) is 4.90. The van der Waals surface area contributed by atoms with Crippen LogP contribution in [0.5, 0.6) is 0 Å². The maximum atomic E-state index is 11.7. The number of carbonyl (C=O) groups excluding carboxylic acids is 1. The molecule has 1 heterocycles. The first-order chi connectivity index (χ1) is 9.04. The van der Waals surface area contributed by atoms with Gasteiger partial charge in [0.05, 0.1) is 11.9 Å². The summed E-state index contributed by atoms with van der Waals surface area (Å²) in [5, 5.41) is 18.0. The van der Waals surface area contributed by atoms with E-state index in [1.807, 2.05) is 6.92 Å². The zero-order chi connectivity index (χ0) is 13.8. The molecule has 1 saturated carbocycles. The molecule has 1 aromatic heterocycles. The van der Waals surface area contributed by atoms with Crippen LogP contribution in [-0.2, 0) is 11.3 Å². The Kier molecular flexibility index (Phi) is 4.03. The van der Waals surface area contributed by atoms with Gasteiger partial charge in [0, 0.05) is 12.2 Å². The maximum Gasteiger partial charge on any atom is 0.325 e. The zero-order valence-corrected chi connectivity index (χ0v) is 10.8. The molecule has 7 heteroatoms. The minimum atomic E-state index is -0.974. The van der Waals surface area contributed by atoms with Gasteiger partial charge >= 0.3 is 12.0 Å². The van der Waals surface area contributed by atoms with Crippen LogP contribution in [0.3, 0.4) is 0 Å². The molecule has 104 valence electrons. The van der Waals surface area contributed by atoms with Crippen LogP contribution in [0.15, 0.2) is 12.4 Å². The third-order valence-corrected chi connectivity index (χ3v) is 3.40. The highest BCUT2D eigenvalue weighted by Gasteiger charge is 2.24. The number of rotatable bonds is 5. The van der Waals surface area contributed by atoms with Crippen LogP contribution in [0.25, 0.3) is 0 Å². The highest BCUT2D eigenvalue weighted by Crippen LogP contribution is 2.29. The van der Waals surface area contributed by atoms with Crippen molar-refractivity contribution in [3.63, 3.8) is 0 Å². The number of carboxylic acid groups (broad SMARTS) is 1. The molecule has 2 amide bonds. The van der Waals surface area contributed by atoms with E-state index >= 15 is 0 Å². The molecule has 0 bridgehead atoms.